The maximum absolute atomic E-state index is 11.5. The highest BCUT2D eigenvalue weighted by Gasteiger charge is 2.08. The molecule has 1 N–H and O–H groups in total. The third kappa shape index (κ3) is 4.09. The molecule has 0 aromatic heterocycles. The van der Waals surface area contributed by atoms with Crippen molar-refractivity contribution < 1.29 is 14.6 Å². The fourth-order valence-corrected chi connectivity index (χ4v) is 2.84. The Hall–Kier alpha value is -1.78. The number of hydrogen-bond acceptors (Lipinski definition) is 4. The molecule has 0 bridgehead atoms. The molecule has 0 aliphatic carbocycles. The fraction of sp³-hybridized carbons (Fsp3) is 0.235. The van der Waals surface area contributed by atoms with Gasteiger partial charge in [-0.15, -0.1) is 11.8 Å². The Bertz CT molecular complexity index is 620. The molecule has 0 amide bonds. The normalized spacial score (nSPS) is 10.4. The van der Waals surface area contributed by atoms with Gasteiger partial charge in [-0.1, -0.05) is 12.1 Å². The zero-order valence-electron chi connectivity index (χ0n) is 12.1. The number of thioether (sulfide) groups is 1. The van der Waals surface area contributed by atoms with Crippen LogP contribution in [0.3, 0.4) is 0 Å². The third-order valence-corrected chi connectivity index (χ3v) is 4.25. The molecule has 0 aliphatic rings. The number of aliphatic hydroxyl groups is 1. The van der Waals surface area contributed by atoms with E-state index in [9.17, 15) is 4.79 Å². The van der Waals surface area contributed by atoms with Crippen molar-refractivity contribution in [2.24, 2.45) is 0 Å². The van der Waals surface area contributed by atoms with Crippen molar-refractivity contribution in [2.45, 2.75) is 24.2 Å². The average Bonchev–Trinajstić information content (AvgIpc) is 2.53. The zero-order valence-corrected chi connectivity index (χ0v) is 12.9. The number of rotatable bonds is 6. The minimum atomic E-state index is 0.0520. The molecular formula is C17H18O3S. The van der Waals surface area contributed by atoms with E-state index in [0.717, 1.165) is 27.5 Å². The number of hydrogen-bond donors (Lipinski definition) is 1. The lowest BCUT2D eigenvalue weighted by atomic mass is 10.1. The van der Waals surface area contributed by atoms with Crippen molar-refractivity contribution in [2.75, 3.05) is 7.11 Å². The van der Waals surface area contributed by atoms with Gasteiger partial charge in [0.1, 0.15) is 5.75 Å². The lowest BCUT2D eigenvalue weighted by Crippen LogP contribution is -1.96. The largest absolute Gasteiger partial charge is 0.496 e. The van der Waals surface area contributed by atoms with Gasteiger partial charge in [0, 0.05) is 21.8 Å². The van der Waals surface area contributed by atoms with E-state index in [1.54, 1.807) is 31.9 Å². The Morgan fingerprint density at radius 2 is 1.90 bits per heavy atom. The molecule has 0 aliphatic heterocycles. The summed E-state index contributed by atoms with van der Waals surface area (Å²) in [6.07, 6.45) is 0. The van der Waals surface area contributed by atoms with Gasteiger partial charge in [-0.2, -0.15) is 0 Å². The summed E-state index contributed by atoms with van der Waals surface area (Å²) in [7, 11) is 1.63. The zero-order chi connectivity index (χ0) is 15.2. The van der Waals surface area contributed by atoms with Gasteiger partial charge < -0.3 is 9.84 Å². The molecule has 0 atom stereocenters. The van der Waals surface area contributed by atoms with Gasteiger partial charge in [0.25, 0.3) is 0 Å². The first-order valence-corrected chi connectivity index (χ1v) is 7.63. The van der Waals surface area contributed by atoms with E-state index in [0.29, 0.717) is 5.56 Å². The molecule has 0 saturated heterocycles. The Kier molecular flexibility index (Phi) is 5.42. The molecular weight excluding hydrogens is 284 g/mol. The molecule has 21 heavy (non-hydrogen) atoms. The molecule has 2 aromatic rings. The van der Waals surface area contributed by atoms with E-state index in [-0.39, 0.29) is 12.4 Å². The minimum absolute atomic E-state index is 0.0520. The first-order chi connectivity index (χ1) is 10.1. The van der Waals surface area contributed by atoms with Crippen LogP contribution in [0.15, 0.2) is 47.4 Å². The summed E-state index contributed by atoms with van der Waals surface area (Å²) in [5.74, 6) is 1.57. The molecule has 0 heterocycles. The molecule has 4 heteroatoms. The van der Waals surface area contributed by atoms with E-state index < -0.39 is 0 Å². The quantitative estimate of drug-likeness (QED) is 0.653. The summed E-state index contributed by atoms with van der Waals surface area (Å²) in [6.45, 7) is 1.62. The number of ketones is 1. The van der Waals surface area contributed by atoms with Gasteiger partial charge >= 0.3 is 0 Å². The monoisotopic (exact) mass is 302 g/mol. The summed E-state index contributed by atoms with van der Waals surface area (Å²) >= 11 is 1.67. The van der Waals surface area contributed by atoms with Gasteiger partial charge in [-0.25, -0.2) is 0 Å². The van der Waals surface area contributed by atoms with Crippen LogP contribution in [0.4, 0.5) is 0 Å². The Labute approximate surface area is 129 Å². The highest BCUT2D eigenvalue weighted by Crippen LogP contribution is 2.29. The fourth-order valence-electron chi connectivity index (χ4n) is 1.96. The van der Waals surface area contributed by atoms with E-state index in [4.69, 9.17) is 9.84 Å². The SMILES string of the molecule is COc1ccc(C(C)=O)cc1CSc1ccc(CO)cc1. The van der Waals surface area contributed by atoms with Crippen LogP contribution in [0, 0.1) is 0 Å². The van der Waals surface area contributed by atoms with Gasteiger partial charge in [0.05, 0.1) is 13.7 Å². The first-order valence-electron chi connectivity index (χ1n) is 6.64. The van der Waals surface area contributed by atoms with Gasteiger partial charge in [-0.3, -0.25) is 4.79 Å². The van der Waals surface area contributed by atoms with Gasteiger partial charge in [0.15, 0.2) is 5.78 Å². The number of benzene rings is 2. The number of aliphatic hydroxyl groups excluding tert-OH is 1. The maximum Gasteiger partial charge on any atom is 0.159 e. The van der Waals surface area contributed by atoms with E-state index in [2.05, 4.69) is 0 Å². The van der Waals surface area contributed by atoms with Crippen molar-refractivity contribution in [1.29, 1.82) is 0 Å². The summed E-state index contributed by atoms with van der Waals surface area (Å²) in [6, 6.07) is 13.3. The van der Waals surface area contributed by atoms with Crippen LogP contribution < -0.4 is 4.74 Å². The van der Waals surface area contributed by atoms with Crippen LogP contribution in [0.25, 0.3) is 0 Å². The molecule has 0 spiro atoms. The Morgan fingerprint density at radius 1 is 1.19 bits per heavy atom. The summed E-state index contributed by atoms with van der Waals surface area (Å²) in [5, 5.41) is 9.03. The number of carbonyl (C=O) groups excluding carboxylic acids is 1. The van der Waals surface area contributed by atoms with Gasteiger partial charge in [-0.05, 0) is 42.8 Å². The second kappa shape index (κ2) is 7.29. The molecule has 3 nitrogen and oxygen atoms in total. The van der Waals surface area contributed by atoms with Crippen LogP contribution in [-0.4, -0.2) is 18.0 Å². The second-order valence-electron chi connectivity index (χ2n) is 4.67. The molecule has 0 saturated carbocycles. The maximum atomic E-state index is 11.5. The second-order valence-corrected chi connectivity index (χ2v) is 5.72. The van der Waals surface area contributed by atoms with Gasteiger partial charge in [0.2, 0.25) is 0 Å². The van der Waals surface area contributed by atoms with Crippen molar-refractivity contribution in [1.82, 2.24) is 0 Å². The standard InChI is InChI=1S/C17H18O3S/c1-12(19)14-5-8-17(20-2)15(9-14)11-21-16-6-3-13(10-18)4-7-16/h3-9,18H,10-11H2,1-2H3. The van der Waals surface area contributed by atoms with E-state index >= 15 is 0 Å². The molecule has 2 rings (SSSR count). The number of ether oxygens (including phenoxy) is 1. The lowest BCUT2D eigenvalue weighted by Gasteiger charge is -2.10. The predicted molar refractivity (Wildman–Crippen MR) is 84.9 cm³/mol. The van der Waals surface area contributed by atoms with E-state index in [1.165, 1.54) is 0 Å². The Balaban J connectivity index is 2.13. The lowest BCUT2D eigenvalue weighted by molar-refractivity contribution is 0.101. The molecule has 0 radical (unpaired) electrons. The van der Waals surface area contributed by atoms with Crippen LogP contribution in [0.5, 0.6) is 5.75 Å². The topological polar surface area (TPSA) is 46.5 Å². The average molecular weight is 302 g/mol. The van der Waals surface area contributed by atoms with Crippen molar-refractivity contribution in [3.8, 4) is 5.75 Å². The summed E-state index contributed by atoms with van der Waals surface area (Å²) in [4.78, 5) is 12.6. The molecule has 0 unspecified atom stereocenters. The van der Waals surface area contributed by atoms with Crippen LogP contribution in [0.1, 0.15) is 28.4 Å². The van der Waals surface area contributed by atoms with Crippen molar-refractivity contribution in [3.63, 3.8) is 0 Å². The van der Waals surface area contributed by atoms with Crippen LogP contribution in [0.2, 0.25) is 0 Å². The van der Waals surface area contributed by atoms with Crippen LogP contribution in [-0.2, 0) is 12.4 Å². The third-order valence-electron chi connectivity index (χ3n) is 3.19. The number of Topliss-reactive ketones (excluding diaryl/α,β-unsaturated/α-hetero) is 1. The highest BCUT2D eigenvalue weighted by molar-refractivity contribution is 7.98. The molecule has 0 fully saturated rings. The predicted octanol–water partition coefficient (Wildman–Crippen LogP) is 3.68. The number of methoxy groups -OCH3 is 1. The van der Waals surface area contributed by atoms with E-state index in [1.807, 2.05) is 36.4 Å². The molecule has 2 aromatic carbocycles. The summed E-state index contributed by atoms with van der Waals surface area (Å²) < 4.78 is 5.35. The first kappa shape index (κ1) is 15.6. The highest BCUT2D eigenvalue weighted by atomic mass is 32.2. The van der Waals surface area contributed by atoms with Crippen molar-refractivity contribution in [3.05, 3.63) is 59.2 Å². The summed E-state index contributed by atoms with van der Waals surface area (Å²) in [5.41, 5.74) is 2.60. The van der Waals surface area contributed by atoms with Crippen LogP contribution >= 0.6 is 11.8 Å². The van der Waals surface area contributed by atoms with Crippen molar-refractivity contribution >= 4 is 17.5 Å². The smallest absolute Gasteiger partial charge is 0.159 e. The molecule has 110 valence electrons. The Morgan fingerprint density at radius 3 is 2.48 bits per heavy atom. The number of carbonyl (C=O) groups is 1. The minimum Gasteiger partial charge on any atom is -0.496 e.